The van der Waals surface area contributed by atoms with E-state index in [9.17, 15) is 16.8 Å². The molecule has 0 radical (unpaired) electrons. The van der Waals surface area contributed by atoms with Gasteiger partial charge in [0.2, 0.25) is 10.0 Å². The molecule has 0 spiro atoms. The second-order valence-electron chi connectivity index (χ2n) is 11.4. The van der Waals surface area contributed by atoms with Crippen molar-refractivity contribution >= 4 is 37.1 Å². The molecule has 10 heteroatoms. The van der Waals surface area contributed by atoms with Crippen LogP contribution < -0.4 is 14.1 Å². The van der Waals surface area contributed by atoms with Gasteiger partial charge in [0.05, 0.1) is 33.8 Å². The van der Waals surface area contributed by atoms with Gasteiger partial charge in [0.25, 0.3) is 10.0 Å². The first kappa shape index (κ1) is 27.5. The van der Waals surface area contributed by atoms with Crippen molar-refractivity contribution in [3.63, 3.8) is 0 Å². The Kier molecular flexibility index (Phi) is 6.93. The summed E-state index contributed by atoms with van der Waals surface area (Å²) in [5.74, 6) is 0. The number of hydrogen-bond donors (Lipinski definition) is 0. The highest BCUT2D eigenvalue weighted by Gasteiger charge is 2.40. The van der Waals surface area contributed by atoms with Gasteiger partial charge in [-0.05, 0) is 59.5 Å². The van der Waals surface area contributed by atoms with Crippen LogP contribution in [0.4, 0.5) is 17.1 Å². The monoisotopic (exact) mass is 568 g/mol. The molecule has 1 saturated heterocycles. The molecule has 208 valence electrons. The lowest BCUT2D eigenvalue weighted by Crippen LogP contribution is -2.60. The van der Waals surface area contributed by atoms with Crippen LogP contribution in [0.2, 0.25) is 0 Å². The first-order chi connectivity index (χ1) is 18.3. The number of para-hydroxylation sites is 2. The van der Waals surface area contributed by atoms with E-state index < -0.39 is 20.0 Å². The van der Waals surface area contributed by atoms with Crippen molar-refractivity contribution in [1.82, 2.24) is 4.31 Å². The zero-order valence-electron chi connectivity index (χ0n) is 23.1. The topological polar surface area (TPSA) is 81.2 Å². The molecule has 0 saturated carbocycles. The lowest BCUT2D eigenvalue weighted by Gasteiger charge is -2.49. The summed E-state index contributed by atoms with van der Waals surface area (Å²) >= 11 is 0. The van der Waals surface area contributed by atoms with Crippen LogP contribution in [0.3, 0.4) is 0 Å². The quantitative estimate of drug-likeness (QED) is 0.460. The number of benzene rings is 3. The Labute approximate surface area is 232 Å². The Bertz CT molecular complexity index is 1580. The zero-order valence-corrected chi connectivity index (χ0v) is 24.7. The van der Waals surface area contributed by atoms with E-state index in [1.165, 1.54) is 48.2 Å². The minimum absolute atomic E-state index is 0.0356. The highest BCUT2D eigenvalue weighted by Crippen LogP contribution is 2.40. The summed E-state index contributed by atoms with van der Waals surface area (Å²) in [5, 5.41) is 0. The number of fused-ring (bicyclic) bond motifs is 3. The van der Waals surface area contributed by atoms with E-state index in [2.05, 4.69) is 54.8 Å². The van der Waals surface area contributed by atoms with E-state index in [0.717, 1.165) is 28.8 Å². The molecule has 1 atom stereocenters. The van der Waals surface area contributed by atoms with Crippen LogP contribution in [0, 0.1) is 0 Å². The van der Waals surface area contributed by atoms with Gasteiger partial charge in [-0.2, -0.15) is 0 Å². The maximum atomic E-state index is 14.0. The molecule has 0 amide bonds. The Balaban J connectivity index is 1.47. The second-order valence-corrected chi connectivity index (χ2v) is 15.4. The molecule has 1 unspecified atom stereocenters. The maximum Gasteiger partial charge on any atom is 0.264 e. The number of rotatable bonds is 5. The minimum Gasteiger partial charge on any atom is -0.368 e. The number of piperazine rings is 1. The van der Waals surface area contributed by atoms with Crippen molar-refractivity contribution in [3.05, 3.63) is 78.4 Å². The van der Waals surface area contributed by atoms with Gasteiger partial charge >= 0.3 is 0 Å². The summed E-state index contributed by atoms with van der Waals surface area (Å²) in [6.07, 6.45) is 0. The van der Waals surface area contributed by atoms with Gasteiger partial charge in [0, 0.05) is 39.4 Å². The third-order valence-electron chi connectivity index (χ3n) is 7.59. The fraction of sp³-hybridized carbons (Fsp3) is 0.379. The van der Waals surface area contributed by atoms with E-state index in [0.29, 0.717) is 18.8 Å². The summed E-state index contributed by atoms with van der Waals surface area (Å²) < 4.78 is 55.5. The molecule has 2 aliphatic heterocycles. The van der Waals surface area contributed by atoms with Crippen LogP contribution in [-0.4, -0.2) is 67.5 Å². The molecule has 3 aromatic rings. The van der Waals surface area contributed by atoms with Crippen molar-refractivity contribution in [3.8, 4) is 0 Å². The molecular weight excluding hydrogens is 532 g/mol. The first-order valence-corrected chi connectivity index (χ1v) is 15.9. The molecule has 8 nitrogen and oxygen atoms in total. The van der Waals surface area contributed by atoms with E-state index in [4.69, 9.17) is 0 Å². The summed E-state index contributed by atoms with van der Waals surface area (Å²) in [6.45, 7) is 9.22. The van der Waals surface area contributed by atoms with Crippen molar-refractivity contribution < 1.29 is 16.8 Å². The predicted molar refractivity (Wildman–Crippen MR) is 157 cm³/mol. The second kappa shape index (κ2) is 9.83. The average Bonchev–Trinajstić information content (AvgIpc) is 2.91. The molecule has 39 heavy (non-hydrogen) atoms. The van der Waals surface area contributed by atoms with E-state index in [1.54, 1.807) is 0 Å². The summed E-state index contributed by atoms with van der Waals surface area (Å²) in [6, 6.07) is 21.6. The SMILES string of the molecule is CN(C)S(=O)(=O)c1ccc(S(=O)(=O)N2CC3CN(c4cccc(C(C)(C)C)c4)CCN3c3ccccc32)cc1. The fourth-order valence-corrected chi connectivity index (χ4v) is 7.71. The zero-order chi connectivity index (χ0) is 28.2. The first-order valence-electron chi connectivity index (χ1n) is 13.1. The third kappa shape index (κ3) is 5.01. The average molecular weight is 569 g/mol. The van der Waals surface area contributed by atoms with Gasteiger partial charge in [-0.3, -0.25) is 4.31 Å². The Morgan fingerprint density at radius 1 is 0.769 bits per heavy atom. The summed E-state index contributed by atoms with van der Waals surface area (Å²) in [4.78, 5) is 4.78. The van der Waals surface area contributed by atoms with Crippen molar-refractivity contribution in [2.45, 2.75) is 42.0 Å². The van der Waals surface area contributed by atoms with Gasteiger partial charge < -0.3 is 9.80 Å². The smallest absolute Gasteiger partial charge is 0.264 e. The van der Waals surface area contributed by atoms with Gasteiger partial charge in [-0.1, -0.05) is 45.0 Å². The molecule has 0 N–H and O–H groups in total. The van der Waals surface area contributed by atoms with Crippen molar-refractivity contribution in [1.29, 1.82) is 0 Å². The predicted octanol–water partition coefficient (Wildman–Crippen LogP) is 4.14. The molecule has 3 aromatic carbocycles. The van der Waals surface area contributed by atoms with E-state index >= 15 is 0 Å². The van der Waals surface area contributed by atoms with Crippen LogP contribution in [0.25, 0.3) is 0 Å². The number of hydrogen-bond acceptors (Lipinski definition) is 6. The van der Waals surface area contributed by atoms with Gasteiger partial charge in [0.15, 0.2) is 0 Å². The summed E-state index contributed by atoms with van der Waals surface area (Å²) in [7, 11) is -4.70. The fourth-order valence-electron chi connectivity index (χ4n) is 5.29. The normalized spacial score (nSPS) is 18.2. The molecule has 1 fully saturated rings. The van der Waals surface area contributed by atoms with Gasteiger partial charge in [-0.25, -0.2) is 21.1 Å². The molecule has 0 aromatic heterocycles. The molecule has 0 bridgehead atoms. The molecular formula is C29H36N4O4S2. The van der Waals surface area contributed by atoms with Crippen molar-refractivity contribution in [2.24, 2.45) is 0 Å². The van der Waals surface area contributed by atoms with E-state index in [1.807, 2.05) is 24.3 Å². The molecule has 0 aliphatic carbocycles. The number of anilines is 3. The lowest BCUT2D eigenvalue weighted by atomic mass is 9.87. The Hall–Kier alpha value is -3.08. The Morgan fingerprint density at radius 3 is 2.05 bits per heavy atom. The minimum atomic E-state index is -3.94. The maximum absolute atomic E-state index is 14.0. The van der Waals surface area contributed by atoms with Crippen LogP contribution >= 0.6 is 0 Å². The van der Waals surface area contributed by atoms with Gasteiger partial charge in [0.1, 0.15) is 0 Å². The standard InChI is InChI=1S/C29H36N4O4S2/c1-29(2,3)22-9-8-10-23(19-22)31-17-18-32-24(20-31)21-33(28-12-7-6-11-27(28)32)39(36,37)26-15-13-25(14-16-26)38(34,35)30(4)5/h6-16,19,24H,17-18,20-21H2,1-5H3. The highest BCUT2D eigenvalue weighted by molar-refractivity contribution is 7.93. The molecule has 2 aliphatic rings. The van der Waals surface area contributed by atoms with Crippen LogP contribution in [-0.2, 0) is 25.5 Å². The van der Waals surface area contributed by atoms with Crippen LogP contribution in [0.15, 0.2) is 82.6 Å². The van der Waals surface area contributed by atoms with E-state index in [-0.39, 0.29) is 21.2 Å². The molecule has 2 heterocycles. The number of sulfonamides is 2. The largest absolute Gasteiger partial charge is 0.368 e. The lowest BCUT2D eigenvalue weighted by molar-refractivity contribution is 0.508. The van der Waals surface area contributed by atoms with Crippen LogP contribution in [0.5, 0.6) is 0 Å². The van der Waals surface area contributed by atoms with Crippen molar-refractivity contribution in [2.75, 3.05) is 54.4 Å². The third-order valence-corrected chi connectivity index (χ3v) is 11.2. The summed E-state index contributed by atoms with van der Waals surface area (Å²) in [5.41, 5.74) is 3.98. The van der Waals surface area contributed by atoms with Crippen LogP contribution in [0.1, 0.15) is 26.3 Å². The molecule has 5 rings (SSSR count). The Morgan fingerprint density at radius 2 is 1.41 bits per heavy atom. The number of nitrogens with zero attached hydrogens (tertiary/aromatic N) is 4. The highest BCUT2D eigenvalue weighted by atomic mass is 32.2. The van der Waals surface area contributed by atoms with Gasteiger partial charge in [-0.15, -0.1) is 0 Å².